The molecule has 0 heterocycles. The maximum absolute atomic E-state index is 12.4. The van der Waals surface area contributed by atoms with E-state index in [-0.39, 0.29) is 93.4 Å². The Kier molecular flexibility index (Phi) is 61.4. The predicted molar refractivity (Wildman–Crippen MR) is 509 cm³/mol. The SMILES string of the molecule is C.C.CC(C)(C)OC(=O)NCCBr.CCCCCCCCCCCCCCCCCCC(=O)OCCN(CC)c1ccc(N=Nc2cc(O)c(N=Nc3ccc([N+](=O)[O-])cc3)cc2O)cc1.CCCCCCCCCCCCCCCCCCC(=O)OCCN(CC)c1ccc(N=Nc2cc(OCCN)c(N=Nc3ccc([N+](=O)[O-])cc3)cc2OCCN)cc1. The van der Waals surface area contributed by atoms with Gasteiger partial charge < -0.3 is 60.5 Å². The minimum absolute atomic E-state index is 0. The van der Waals surface area contributed by atoms with Gasteiger partial charge in [-0.1, -0.05) is 237 Å². The second-order valence-electron chi connectivity index (χ2n) is 31.1. The number of nitro groups is 2. The van der Waals surface area contributed by atoms with Gasteiger partial charge in [0.2, 0.25) is 0 Å². The number of rotatable bonds is 62. The lowest BCUT2D eigenvalue weighted by atomic mass is 10.0. The number of amides is 1. The van der Waals surface area contributed by atoms with Crippen molar-refractivity contribution in [3.8, 4) is 23.0 Å². The monoisotopic (exact) mass is 1800 g/mol. The summed E-state index contributed by atoms with van der Waals surface area (Å²) in [6.45, 7) is 19.0. The fourth-order valence-electron chi connectivity index (χ4n) is 12.9. The molecule has 0 aliphatic carbocycles. The van der Waals surface area contributed by atoms with E-state index in [0.29, 0.717) is 91.3 Å². The fourth-order valence-corrected chi connectivity index (χ4v) is 13.1. The number of nitrogens with one attached hydrogen (secondary N) is 1. The smallest absolute Gasteiger partial charge is 0.407 e. The van der Waals surface area contributed by atoms with Crippen LogP contribution < -0.4 is 36.1 Å². The molecular formula is C95H148BrN15O14. The summed E-state index contributed by atoms with van der Waals surface area (Å²) in [5.74, 6) is -0.0828. The third-order valence-corrected chi connectivity index (χ3v) is 20.1. The second kappa shape index (κ2) is 69.2. The highest BCUT2D eigenvalue weighted by molar-refractivity contribution is 9.09. The number of hydrogen-bond donors (Lipinski definition) is 5. The number of hydrogen-bond acceptors (Lipinski definition) is 26. The number of esters is 2. The van der Waals surface area contributed by atoms with Crippen molar-refractivity contribution in [2.24, 2.45) is 52.4 Å². The summed E-state index contributed by atoms with van der Waals surface area (Å²) < 4.78 is 27.8. The number of carbonyl (C=O) groups is 3. The number of likely N-dealkylation sites (N-methyl/N-ethyl adjacent to an activating group) is 2. The molecule has 30 heteroatoms. The Labute approximate surface area is 753 Å². The Bertz CT molecular complexity index is 4020. The Morgan fingerprint density at radius 3 is 0.960 bits per heavy atom. The third-order valence-electron chi connectivity index (χ3n) is 19.8. The first-order chi connectivity index (χ1) is 59.6. The minimum atomic E-state index is -0.518. The number of non-ortho nitro benzene ring substituents is 2. The molecule has 6 aromatic rings. The maximum atomic E-state index is 12.4. The minimum Gasteiger partial charge on any atom is -0.506 e. The van der Waals surface area contributed by atoms with Crippen LogP contribution >= 0.6 is 15.9 Å². The number of ether oxygens (including phenoxy) is 5. The van der Waals surface area contributed by atoms with Gasteiger partial charge in [0.25, 0.3) is 11.4 Å². The lowest BCUT2D eigenvalue weighted by Gasteiger charge is -2.23. The molecular weight excluding hydrogens is 1660 g/mol. The summed E-state index contributed by atoms with van der Waals surface area (Å²) in [6, 6.07) is 31.8. The van der Waals surface area contributed by atoms with Gasteiger partial charge in [-0.2, -0.15) is 20.5 Å². The quantitative estimate of drug-likeness (QED) is 0.00346. The van der Waals surface area contributed by atoms with E-state index in [1.165, 1.54) is 240 Å². The number of nitrogens with zero attached hydrogens (tertiary/aromatic N) is 12. The van der Waals surface area contributed by atoms with Gasteiger partial charge in [-0.15, -0.1) is 20.5 Å². The molecule has 0 radical (unpaired) electrons. The number of phenols is 2. The summed E-state index contributed by atoms with van der Waals surface area (Å²) >= 11 is 3.19. The van der Waals surface area contributed by atoms with Gasteiger partial charge in [-0.3, -0.25) is 29.8 Å². The van der Waals surface area contributed by atoms with Crippen molar-refractivity contribution in [3.63, 3.8) is 0 Å². The molecule has 0 saturated carbocycles. The average Bonchev–Trinajstić information content (AvgIpc) is 0.822. The van der Waals surface area contributed by atoms with Crippen LogP contribution in [-0.4, -0.2) is 121 Å². The highest BCUT2D eigenvalue weighted by atomic mass is 79.9. The van der Waals surface area contributed by atoms with Crippen LogP contribution in [0, 0.1) is 20.2 Å². The Morgan fingerprint density at radius 1 is 0.416 bits per heavy atom. The molecule has 7 N–H and O–H groups in total. The van der Waals surface area contributed by atoms with Crippen LogP contribution in [0.3, 0.4) is 0 Å². The number of azo groups is 4. The van der Waals surface area contributed by atoms with E-state index >= 15 is 0 Å². The highest BCUT2D eigenvalue weighted by Gasteiger charge is 2.18. The van der Waals surface area contributed by atoms with E-state index < -0.39 is 15.4 Å². The molecule has 0 aromatic heterocycles. The molecule has 0 saturated heterocycles. The second-order valence-corrected chi connectivity index (χ2v) is 31.9. The lowest BCUT2D eigenvalue weighted by Crippen LogP contribution is -2.33. The van der Waals surface area contributed by atoms with Gasteiger partial charge in [-0.05, 0) is 120 Å². The van der Waals surface area contributed by atoms with E-state index in [1.807, 2.05) is 64.1 Å². The zero-order chi connectivity index (χ0) is 89.3. The maximum Gasteiger partial charge on any atom is 0.407 e. The first-order valence-corrected chi connectivity index (χ1v) is 45.9. The van der Waals surface area contributed by atoms with Gasteiger partial charge in [0, 0.05) is 111 Å². The molecule has 694 valence electrons. The Morgan fingerprint density at radius 2 is 0.696 bits per heavy atom. The van der Waals surface area contributed by atoms with Gasteiger partial charge >= 0.3 is 18.0 Å². The van der Waals surface area contributed by atoms with E-state index in [2.05, 4.69) is 92.7 Å². The number of alkyl carbamates (subject to hydrolysis) is 1. The van der Waals surface area contributed by atoms with Crippen molar-refractivity contribution in [2.45, 2.75) is 287 Å². The molecule has 125 heavy (non-hydrogen) atoms. The van der Waals surface area contributed by atoms with E-state index in [9.17, 15) is 44.8 Å². The summed E-state index contributed by atoms with van der Waals surface area (Å²) in [7, 11) is 0. The Balaban J connectivity index is 0.000000746. The van der Waals surface area contributed by atoms with Crippen LogP contribution in [0.15, 0.2) is 162 Å². The normalized spacial score (nSPS) is 11.2. The van der Waals surface area contributed by atoms with Crippen LogP contribution in [0.25, 0.3) is 0 Å². The third kappa shape index (κ3) is 51.2. The number of nitro benzene ring substituents is 2. The summed E-state index contributed by atoms with van der Waals surface area (Å²) in [6.07, 6.45) is 42.3. The number of benzene rings is 6. The molecule has 6 aromatic carbocycles. The molecule has 0 fully saturated rings. The predicted octanol–water partition coefficient (Wildman–Crippen LogP) is 28.2. The van der Waals surface area contributed by atoms with Crippen molar-refractivity contribution in [1.82, 2.24) is 5.32 Å². The molecule has 0 spiro atoms. The molecule has 0 unspecified atom stereocenters. The molecule has 6 rings (SSSR count). The van der Waals surface area contributed by atoms with Gasteiger partial charge in [0.05, 0.1) is 45.7 Å². The average molecular weight is 1800 g/mol. The van der Waals surface area contributed by atoms with Crippen molar-refractivity contribution in [3.05, 3.63) is 142 Å². The first kappa shape index (κ1) is 111. The highest BCUT2D eigenvalue weighted by Crippen LogP contribution is 2.43. The number of anilines is 2. The van der Waals surface area contributed by atoms with Gasteiger partial charge in [0.15, 0.2) is 0 Å². The van der Waals surface area contributed by atoms with Crippen molar-refractivity contribution < 1.29 is 58.1 Å². The van der Waals surface area contributed by atoms with E-state index in [0.717, 1.165) is 55.5 Å². The standard InChI is InChI=1S/C45H68N8O6.C41H58N6O6.C7H14BrNO2.2CH4/c1-3-5-6-7-8-9-10-11-12-13-14-15-16-17-18-19-20-45(54)59-34-31-52(4-2)39-25-21-37(22-26-39)48-50-41-35-44(58-33-30-47)42(36-43(41)57-32-29-46)51-49-38-23-27-40(28-24-38)53(55)56;1-3-5-6-7-8-9-10-11-12-13-14-15-16-17-18-19-20-41(50)53-30-29-46(4-2)35-25-21-33(22-26-35)42-44-37-31-40(49)38(32-39(37)48)45-43-34-23-27-36(28-24-34)47(51)52;1-7(2,3)11-6(10)9-5-4-8;;/h21-28,35-36H,3-20,29-34,46-47H2,1-2H3;21-28,31-32,48-49H,3-20,29-30H2,1-2H3;4-5H2,1-3H3,(H,9,10);2*1H4. The zero-order valence-corrected chi connectivity index (χ0v) is 75.9. The van der Waals surface area contributed by atoms with Crippen LogP contribution in [0.5, 0.6) is 23.0 Å². The molecule has 0 aliphatic heterocycles. The molecule has 1 amide bonds. The van der Waals surface area contributed by atoms with Crippen LogP contribution in [0.1, 0.15) is 282 Å². The van der Waals surface area contributed by atoms with Crippen molar-refractivity contribution >= 4 is 102 Å². The summed E-state index contributed by atoms with van der Waals surface area (Å²) in [5.41, 5.74) is 15.5. The number of nitrogens with two attached hydrogens (primary N) is 2. The summed E-state index contributed by atoms with van der Waals surface area (Å²) in [4.78, 5) is 60.6. The number of carbonyl (C=O) groups excluding carboxylic acids is 3. The number of aromatic hydroxyl groups is 2. The van der Waals surface area contributed by atoms with Crippen molar-refractivity contribution in [1.29, 1.82) is 0 Å². The van der Waals surface area contributed by atoms with Crippen LogP contribution in [-0.2, 0) is 23.8 Å². The first-order valence-electron chi connectivity index (χ1n) is 44.7. The van der Waals surface area contributed by atoms with Crippen LogP contribution in [0.4, 0.5) is 73.0 Å². The van der Waals surface area contributed by atoms with E-state index in [4.69, 9.17) is 35.2 Å². The lowest BCUT2D eigenvalue weighted by molar-refractivity contribution is -0.385. The van der Waals surface area contributed by atoms with Gasteiger partial charge in [-0.25, -0.2) is 4.79 Å². The largest absolute Gasteiger partial charge is 0.506 e. The van der Waals surface area contributed by atoms with Crippen molar-refractivity contribution in [2.75, 3.05) is 87.4 Å². The van der Waals surface area contributed by atoms with E-state index in [1.54, 1.807) is 24.3 Å². The fraction of sp³-hybridized carbons (Fsp3) is 0.589. The van der Waals surface area contributed by atoms with Gasteiger partial charge in [0.1, 0.15) is 77.8 Å². The van der Waals surface area contributed by atoms with Crippen LogP contribution in [0.2, 0.25) is 0 Å². The number of phenolic OH excluding ortho intramolecular Hbond substituents is 2. The summed E-state index contributed by atoms with van der Waals surface area (Å²) in [5, 5.41) is 79.5. The molecule has 0 bridgehead atoms. The Hall–Kier alpha value is -10.1. The number of alkyl halides is 1. The molecule has 0 aliphatic rings. The zero-order valence-electron chi connectivity index (χ0n) is 74.3. The molecule has 0 atom stereocenters. The topological polar surface area (TPSA) is 394 Å². The number of halogens is 1. The molecule has 29 nitrogen and oxygen atoms in total. The number of unbranched alkanes of at least 4 members (excludes halogenated alkanes) is 30.